The second kappa shape index (κ2) is 7.14. The highest BCUT2D eigenvalue weighted by Crippen LogP contribution is 2.26. The molecule has 0 bridgehead atoms. The van der Waals surface area contributed by atoms with Crippen LogP contribution in [0.4, 0.5) is 5.82 Å². The molecule has 134 valence electrons. The SMILES string of the molecule is Nc1ncc(-c2cccc(CO)c2)nc1-c1nc(-c2ccc(Cl)cc2)n[nH]1. The van der Waals surface area contributed by atoms with E-state index in [0.29, 0.717) is 28.1 Å². The van der Waals surface area contributed by atoms with Crippen molar-refractivity contribution in [1.82, 2.24) is 25.1 Å². The van der Waals surface area contributed by atoms with Crippen molar-refractivity contribution in [2.24, 2.45) is 0 Å². The predicted octanol–water partition coefficient (Wildman–Crippen LogP) is 3.32. The van der Waals surface area contributed by atoms with Gasteiger partial charge < -0.3 is 10.8 Å². The van der Waals surface area contributed by atoms with Gasteiger partial charge in [-0.05, 0) is 35.9 Å². The van der Waals surface area contributed by atoms with Gasteiger partial charge in [0.2, 0.25) is 0 Å². The monoisotopic (exact) mass is 378 g/mol. The minimum absolute atomic E-state index is 0.0460. The molecule has 4 rings (SSSR count). The van der Waals surface area contributed by atoms with Crippen LogP contribution in [0.3, 0.4) is 0 Å². The van der Waals surface area contributed by atoms with E-state index in [0.717, 1.165) is 16.7 Å². The number of aliphatic hydroxyl groups is 1. The lowest BCUT2D eigenvalue weighted by atomic mass is 10.1. The molecule has 0 radical (unpaired) electrons. The molecule has 0 aliphatic heterocycles. The van der Waals surface area contributed by atoms with E-state index in [-0.39, 0.29) is 12.4 Å². The fourth-order valence-electron chi connectivity index (χ4n) is 2.64. The summed E-state index contributed by atoms with van der Waals surface area (Å²) in [6.45, 7) is -0.0460. The number of aliphatic hydroxyl groups excluding tert-OH is 1. The number of hydrogen-bond acceptors (Lipinski definition) is 6. The standard InChI is InChI=1S/C19H15ClN6O/c20-14-6-4-12(5-7-14)18-24-19(26-25-18)16-17(21)22-9-15(23-16)13-3-1-2-11(8-13)10-27/h1-9,27H,10H2,(H2,21,22)(H,24,25,26). The molecule has 4 aromatic rings. The number of nitrogen functional groups attached to an aromatic ring is 1. The van der Waals surface area contributed by atoms with Gasteiger partial charge in [-0.15, -0.1) is 0 Å². The normalized spacial score (nSPS) is 10.9. The first kappa shape index (κ1) is 17.1. The minimum atomic E-state index is -0.0460. The average molecular weight is 379 g/mol. The number of rotatable bonds is 4. The summed E-state index contributed by atoms with van der Waals surface area (Å²) < 4.78 is 0. The van der Waals surface area contributed by atoms with Gasteiger partial charge in [0.25, 0.3) is 0 Å². The van der Waals surface area contributed by atoms with Gasteiger partial charge >= 0.3 is 0 Å². The van der Waals surface area contributed by atoms with E-state index in [2.05, 4.69) is 25.1 Å². The number of hydrogen-bond donors (Lipinski definition) is 3. The average Bonchev–Trinajstić information content (AvgIpc) is 3.19. The van der Waals surface area contributed by atoms with Crippen molar-refractivity contribution in [1.29, 1.82) is 0 Å². The Balaban J connectivity index is 1.73. The Morgan fingerprint density at radius 1 is 1.04 bits per heavy atom. The second-order valence-electron chi connectivity index (χ2n) is 5.86. The summed E-state index contributed by atoms with van der Waals surface area (Å²) in [5.41, 5.74) is 9.48. The fourth-order valence-corrected chi connectivity index (χ4v) is 2.76. The van der Waals surface area contributed by atoms with E-state index in [9.17, 15) is 5.11 Å². The molecule has 2 aromatic heterocycles. The Hall–Kier alpha value is -3.29. The largest absolute Gasteiger partial charge is 0.392 e. The number of aromatic nitrogens is 5. The lowest BCUT2D eigenvalue weighted by Crippen LogP contribution is -2.00. The van der Waals surface area contributed by atoms with Gasteiger partial charge in [-0.25, -0.2) is 15.0 Å². The maximum Gasteiger partial charge on any atom is 0.181 e. The molecule has 0 saturated heterocycles. The lowest BCUT2D eigenvalue weighted by molar-refractivity contribution is 0.282. The molecule has 0 aliphatic carbocycles. The first-order valence-corrected chi connectivity index (χ1v) is 8.53. The summed E-state index contributed by atoms with van der Waals surface area (Å²) in [5, 5.41) is 17.1. The molecular weight excluding hydrogens is 364 g/mol. The van der Waals surface area contributed by atoms with Crippen molar-refractivity contribution >= 4 is 17.4 Å². The number of aromatic amines is 1. The van der Waals surface area contributed by atoms with Crippen LogP contribution in [0.2, 0.25) is 5.02 Å². The van der Waals surface area contributed by atoms with E-state index >= 15 is 0 Å². The van der Waals surface area contributed by atoms with Gasteiger partial charge in [0.1, 0.15) is 5.69 Å². The Morgan fingerprint density at radius 2 is 1.85 bits per heavy atom. The van der Waals surface area contributed by atoms with E-state index < -0.39 is 0 Å². The van der Waals surface area contributed by atoms with Gasteiger partial charge in [0.05, 0.1) is 18.5 Å². The van der Waals surface area contributed by atoms with Gasteiger partial charge in [-0.1, -0.05) is 29.8 Å². The van der Waals surface area contributed by atoms with E-state index in [1.807, 2.05) is 36.4 Å². The molecular formula is C19H15ClN6O. The molecule has 0 saturated carbocycles. The summed E-state index contributed by atoms with van der Waals surface area (Å²) in [4.78, 5) is 13.3. The molecule has 0 aliphatic rings. The maximum absolute atomic E-state index is 9.33. The van der Waals surface area contributed by atoms with E-state index in [1.54, 1.807) is 18.3 Å². The summed E-state index contributed by atoms with van der Waals surface area (Å²) in [6.07, 6.45) is 1.59. The van der Waals surface area contributed by atoms with Crippen molar-refractivity contribution in [3.8, 4) is 34.2 Å². The first-order chi connectivity index (χ1) is 13.1. The molecule has 27 heavy (non-hydrogen) atoms. The molecule has 2 aromatic carbocycles. The number of benzene rings is 2. The molecule has 7 nitrogen and oxygen atoms in total. The highest BCUT2D eigenvalue weighted by molar-refractivity contribution is 6.30. The quantitative estimate of drug-likeness (QED) is 0.502. The van der Waals surface area contributed by atoms with Crippen molar-refractivity contribution in [3.05, 3.63) is 65.3 Å². The number of halogens is 1. The highest BCUT2D eigenvalue weighted by atomic mass is 35.5. The van der Waals surface area contributed by atoms with Crippen LogP contribution in [0.25, 0.3) is 34.2 Å². The third-order valence-corrected chi connectivity index (χ3v) is 4.27. The zero-order valence-electron chi connectivity index (χ0n) is 14.1. The van der Waals surface area contributed by atoms with Crippen molar-refractivity contribution < 1.29 is 5.11 Å². The van der Waals surface area contributed by atoms with Crippen LogP contribution >= 0.6 is 11.6 Å². The van der Waals surface area contributed by atoms with Crippen LogP contribution in [-0.2, 0) is 6.61 Å². The van der Waals surface area contributed by atoms with Gasteiger partial charge in [0.15, 0.2) is 17.5 Å². The summed E-state index contributed by atoms with van der Waals surface area (Å²) in [6, 6.07) is 14.6. The zero-order chi connectivity index (χ0) is 18.8. The minimum Gasteiger partial charge on any atom is -0.392 e. The maximum atomic E-state index is 9.33. The van der Waals surface area contributed by atoms with Gasteiger partial charge in [0, 0.05) is 16.1 Å². The third-order valence-electron chi connectivity index (χ3n) is 4.02. The topological polar surface area (TPSA) is 114 Å². The summed E-state index contributed by atoms with van der Waals surface area (Å²) in [5.74, 6) is 1.18. The Bertz CT molecular complexity index is 1090. The van der Waals surface area contributed by atoms with Crippen LogP contribution in [0, 0.1) is 0 Å². The lowest BCUT2D eigenvalue weighted by Gasteiger charge is -2.06. The Morgan fingerprint density at radius 3 is 2.63 bits per heavy atom. The fraction of sp³-hybridized carbons (Fsp3) is 0.0526. The molecule has 0 spiro atoms. The molecule has 4 N–H and O–H groups in total. The van der Waals surface area contributed by atoms with Crippen molar-refractivity contribution in [2.75, 3.05) is 5.73 Å². The van der Waals surface area contributed by atoms with Gasteiger partial charge in [-0.3, -0.25) is 5.10 Å². The smallest absolute Gasteiger partial charge is 0.181 e. The highest BCUT2D eigenvalue weighted by Gasteiger charge is 2.14. The Labute approximate surface area is 159 Å². The van der Waals surface area contributed by atoms with Crippen molar-refractivity contribution in [2.45, 2.75) is 6.61 Å². The van der Waals surface area contributed by atoms with Gasteiger partial charge in [-0.2, -0.15) is 5.10 Å². The van der Waals surface area contributed by atoms with Crippen LogP contribution in [0.5, 0.6) is 0 Å². The molecule has 2 heterocycles. The van der Waals surface area contributed by atoms with E-state index in [4.69, 9.17) is 17.3 Å². The first-order valence-electron chi connectivity index (χ1n) is 8.15. The molecule has 0 atom stereocenters. The number of nitrogens with one attached hydrogen (secondary N) is 1. The van der Waals surface area contributed by atoms with Crippen molar-refractivity contribution in [3.63, 3.8) is 0 Å². The number of nitrogens with two attached hydrogens (primary N) is 1. The molecule has 0 unspecified atom stereocenters. The third kappa shape index (κ3) is 3.51. The molecule has 0 amide bonds. The zero-order valence-corrected chi connectivity index (χ0v) is 14.9. The number of H-pyrrole nitrogens is 1. The Kier molecular flexibility index (Phi) is 4.53. The number of anilines is 1. The predicted molar refractivity (Wildman–Crippen MR) is 104 cm³/mol. The number of nitrogens with zero attached hydrogens (tertiary/aromatic N) is 4. The van der Waals surface area contributed by atoms with Crippen LogP contribution in [0.15, 0.2) is 54.7 Å². The summed E-state index contributed by atoms with van der Waals surface area (Å²) >= 11 is 5.92. The molecule has 8 heteroatoms. The molecule has 0 fully saturated rings. The van der Waals surface area contributed by atoms with Crippen LogP contribution in [0.1, 0.15) is 5.56 Å². The van der Waals surface area contributed by atoms with E-state index in [1.165, 1.54) is 0 Å². The second-order valence-corrected chi connectivity index (χ2v) is 6.30. The summed E-state index contributed by atoms with van der Waals surface area (Å²) in [7, 11) is 0. The van der Waals surface area contributed by atoms with Crippen LogP contribution < -0.4 is 5.73 Å². The van der Waals surface area contributed by atoms with Crippen LogP contribution in [-0.4, -0.2) is 30.3 Å².